The zero-order valence-corrected chi connectivity index (χ0v) is 13.2. The van der Waals surface area contributed by atoms with Gasteiger partial charge in [0.2, 0.25) is 5.91 Å². The van der Waals surface area contributed by atoms with Gasteiger partial charge < -0.3 is 10.2 Å². The molecule has 4 heteroatoms. The number of benzene rings is 2. The summed E-state index contributed by atoms with van der Waals surface area (Å²) in [5.74, 6) is 0.175. The first-order valence-electron chi connectivity index (χ1n) is 8.16. The van der Waals surface area contributed by atoms with Crippen LogP contribution in [0.5, 0.6) is 0 Å². The van der Waals surface area contributed by atoms with Gasteiger partial charge in [-0.15, -0.1) is 0 Å². The Labute approximate surface area is 136 Å². The second-order valence-corrected chi connectivity index (χ2v) is 6.04. The number of carbonyl (C=O) groups excluding carboxylic acids is 1. The largest absolute Gasteiger partial charge is 0.325 e. The Kier molecular flexibility index (Phi) is 4.89. The summed E-state index contributed by atoms with van der Waals surface area (Å²) in [6.45, 7) is 2.61. The molecule has 1 aliphatic heterocycles. The summed E-state index contributed by atoms with van der Waals surface area (Å²) in [4.78, 5) is 14.8. The molecule has 23 heavy (non-hydrogen) atoms. The Bertz CT molecular complexity index is 721. The van der Waals surface area contributed by atoms with Crippen LogP contribution in [0, 0.1) is 17.2 Å². The minimum absolute atomic E-state index is 0.0623. The highest BCUT2D eigenvalue weighted by atomic mass is 16.1. The monoisotopic (exact) mass is 307 g/mol. The van der Waals surface area contributed by atoms with E-state index in [0.717, 1.165) is 48.9 Å². The van der Waals surface area contributed by atoms with Crippen LogP contribution >= 0.6 is 0 Å². The van der Waals surface area contributed by atoms with Gasteiger partial charge in [-0.1, -0.05) is 36.4 Å². The summed E-state index contributed by atoms with van der Waals surface area (Å²) in [5, 5.41) is 14.0. The molecule has 118 valence electrons. The molecule has 1 amide bonds. The van der Waals surface area contributed by atoms with E-state index in [1.807, 2.05) is 30.3 Å². The predicted molar refractivity (Wildman–Crippen MR) is 92.0 cm³/mol. The quantitative estimate of drug-likeness (QED) is 0.942. The van der Waals surface area contributed by atoms with Crippen LogP contribution in [-0.4, -0.2) is 30.4 Å². The molecule has 1 N–H and O–H groups in total. The average molecular weight is 307 g/mol. The first-order valence-corrected chi connectivity index (χ1v) is 8.16. The molecule has 0 atom stereocenters. The summed E-state index contributed by atoms with van der Waals surface area (Å²) in [6, 6.07) is 16.3. The van der Waals surface area contributed by atoms with Crippen molar-refractivity contribution in [3.63, 3.8) is 0 Å². The topological polar surface area (TPSA) is 56.1 Å². The fraction of sp³-hybridized carbons (Fsp3) is 0.368. The highest BCUT2D eigenvalue weighted by molar-refractivity contribution is 6.02. The lowest BCUT2D eigenvalue weighted by Gasteiger charge is -2.30. The Hall–Kier alpha value is -2.38. The number of carbonyl (C=O) groups is 1. The number of piperidine rings is 1. The van der Waals surface area contributed by atoms with E-state index in [-0.39, 0.29) is 11.8 Å². The maximum absolute atomic E-state index is 12.5. The summed E-state index contributed by atoms with van der Waals surface area (Å²) < 4.78 is 0. The van der Waals surface area contributed by atoms with Gasteiger partial charge in [0.1, 0.15) is 0 Å². The second kappa shape index (κ2) is 7.26. The fourth-order valence-corrected chi connectivity index (χ4v) is 3.20. The Balaban J connectivity index is 1.62. The maximum Gasteiger partial charge on any atom is 0.227 e. The van der Waals surface area contributed by atoms with Gasteiger partial charge in [-0.2, -0.15) is 5.26 Å². The number of likely N-dealkylation sites (tertiary alicyclic amines) is 1. The van der Waals surface area contributed by atoms with E-state index in [2.05, 4.69) is 28.4 Å². The number of hydrogen-bond acceptors (Lipinski definition) is 3. The lowest BCUT2D eigenvalue weighted by atomic mass is 9.95. The minimum Gasteiger partial charge on any atom is -0.325 e. The predicted octanol–water partition coefficient (Wildman–Crippen LogP) is 3.40. The molecule has 1 fully saturated rings. The standard InChI is InChI=1S/C19H21N3O/c20-11-4-12-22-13-9-16(10-14-22)19(23)21-18-8-3-6-15-5-1-2-7-17(15)18/h1-3,5-8,16H,4,9-10,12-14H2,(H,21,23). The smallest absolute Gasteiger partial charge is 0.227 e. The van der Waals surface area contributed by atoms with Gasteiger partial charge in [0.15, 0.2) is 0 Å². The van der Waals surface area contributed by atoms with Crippen LogP contribution in [-0.2, 0) is 4.79 Å². The average Bonchev–Trinajstić information content (AvgIpc) is 2.60. The highest BCUT2D eigenvalue weighted by Crippen LogP contribution is 2.25. The SMILES string of the molecule is N#CCCN1CCC(C(=O)Nc2cccc3ccccc23)CC1. The van der Waals surface area contributed by atoms with Gasteiger partial charge in [-0.3, -0.25) is 4.79 Å². The van der Waals surface area contributed by atoms with Crippen LogP contribution in [0.25, 0.3) is 10.8 Å². The number of amides is 1. The maximum atomic E-state index is 12.5. The Morgan fingerprint density at radius 1 is 1.17 bits per heavy atom. The van der Waals surface area contributed by atoms with Gasteiger partial charge in [0.25, 0.3) is 0 Å². The van der Waals surface area contributed by atoms with Crippen molar-refractivity contribution in [2.45, 2.75) is 19.3 Å². The van der Waals surface area contributed by atoms with Crippen molar-refractivity contribution >= 4 is 22.4 Å². The second-order valence-electron chi connectivity index (χ2n) is 6.04. The molecule has 1 aliphatic rings. The molecule has 2 aromatic carbocycles. The molecule has 0 unspecified atom stereocenters. The van der Waals surface area contributed by atoms with Crippen LogP contribution in [0.15, 0.2) is 42.5 Å². The van der Waals surface area contributed by atoms with Gasteiger partial charge in [0.05, 0.1) is 6.07 Å². The van der Waals surface area contributed by atoms with Crippen molar-refractivity contribution < 1.29 is 4.79 Å². The fourth-order valence-electron chi connectivity index (χ4n) is 3.20. The first kappa shape index (κ1) is 15.5. The van der Waals surface area contributed by atoms with Gasteiger partial charge in [0, 0.05) is 30.0 Å². The third-order valence-electron chi connectivity index (χ3n) is 4.55. The molecule has 0 bridgehead atoms. The molecule has 2 aromatic rings. The van der Waals surface area contributed by atoms with Crippen LogP contribution < -0.4 is 5.32 Å². The molecule has 0 saturated carbocycles. The summed E-state index contributed by atoms with van der Waals surface area (Å²) in [5.41, 5.74) is 0.889. The zero-order chi connectivity index (χ0) is 16.1. The normalized spacial score (nSPS) is 16.1. The minimum atomic E-state index is 0.0623. The lowest BCUT2D eigenvalue weighted by Crippen LogP contribution is -2.38. The highest BCUT2D eigenvalue weighted by Gasteiger charge is 2.25. The van der Waals surface area contributed by atoms with E-state index in [1.165, 1.54) is 0 Å². The molecular weight excluding hydrogens is 286 g/mol. The molecule has 0 aromatic heterocycles. The molecule has 0 aliphatic carbocycles. The number of nitrogens with zero attached hydrogens (tertiary/aromatic N) is 2. The summed E-state index contributed by atoms with van der Waals surface area (Å²) in [7, 11) is 0. The van der Waals surface area contributed by atoms with Crippen molar-refractivity contribution in [3.05, 3.63) is 42.5 Å². The number of anilines is 1. The number of rotatable bonds is 4. The number of fused-ring (bicyclic) bond motifs is 1. The van der Waals surface area contributed by atoms with E-state index in [0.29, 0.717) is 6.42 Å². The van der Waals surface area contributed by atoms with E-state index in [1.54, 1.807) is 0 Å². The number of nitrogens with one attached hydrogen (secondary N) is 1. The molecule has 4 nitrogen and oxygen atoms in total. The molecule has 0 spiro atoms. The third-order valence-corrected chi connectivity index (χ3v) is 4.55. The lowest BCUT2D eigenvalue weighted by molar-refractivity contribution is -0.121. The van der Waals surface area contributed by atoms with Crippen molar-refractivity contribution in [2.75, 3.05) is 25.0 Å². The van der Waals surface area contributed by atoms with E-state index in [4.69, 9.17) is 5.26 Å². The van der Waals surface area contributed by atoms with Crippen LogP contribution in [0.3, 0.4) is 0 Å². The van der Waals surface area contributed by atoms with Crippen molar-refractivity contribution in [2.24, 2.45) is 5.92 Å². The van der Waals surface area contributed by atoms with Gasteiger partial charge in [-0.25, -0.2) is 0 Å². The molecular formula is C19H21N3O. The van der Waals surface area contributed by atoms with Crippen molar-refractivity contribution in [1.29, 1.82) is 5.26 Å². The van der Waals surface area contributed by atoms with E-state index in [9.17, 15) is 4.79 Å². The number of hydrogen-bond donors (Lipinski definition) is 1. The van der Waals surface area contributed by atoms with Crippen LogP contribution in [0.2, 0.25) is 0 Å². The van der Waals surface area contributed by atoms with E-state index >= 15 is 0 Å². The third kappa shape index (κ3) is 3.69. The first-order chi connectivity index (χ1) is 11.3. The van der Waals surface area contributed by atoms with E-state index < -0.39 is 0 Å². The molecule has 0 radical (unpaired) electrons. The summed E-state index contributed by atoms with van der Waals surface area (Å²) >= 11 is 0. The van der Waals surface area contributed by atoms with Crippen molar-refractivity contribution in [1.82, 2.24) is 4.90 Å². The molecule has 1 saturated heterocycles. The Morgan fingerprint density at radius 2 is 1.91 bits per heavy atom. The van der Waals surface area contributed by atoms with Gasteiger partial charge in [-0.05, 0) is 37.4 Å². The van der Waals surface area contributed by atoms with Gasteiger partial charge >= 0.3 is 0 Å². The number of nitriles is 1. The summed E-state index contributed by atoms with van der Waals surface area (Å²) in [6.07, 6.45) is 2.29. The molecule has 3 rings (SSSR count). The van der Waals surface area contributed by atoms with Crippen LogP contribution in [0.1, 0.15) is 19.3 Å². The Morgan fingerprint density at radius 3 is 2.70 bits per heavy atom. The molecule has 1 heterocycles. The zero-order valence-electron chi connectivity index (χ0n) is 13.2. The van der Waals surface area contributed by atoms with Crippen LogP contribution in [0.4, 0.5) is 5.69 Å². The van der Waals surface area contributed by atoms with Crippen molar-refractivity contribution in [3.8, 4) is 6.07 Å².